The van der Waals surface area contributed by atoms with Crippen molar-refractivity contribution in [2.75, 3.05) is 0 Å². The summed E-state index contributed by atoms with van der Waals surface area (Å²) < 4.78 is 0. The lowest BCUT2D eigenvalue weighted by Crippen LogP contribution is -1.74. The first-order chi connectivity index (χ1) is 3.97. The van der Waals surface area contributed by atoms with Gasteiger partial charge in [0.2, 0.25) is 0 Å². The molecule has 2 aliphatic rings. The Hall–Kier alpha value is -0.700. The van der Waals surface area contributed by atoms with Gasteiger partial charge >= 0.3 is 0 Å². The Labute approximate surface area is 49.6 Å². The Bertz CT molecular complexity index is 188. The van der Waals surface area contributed by atoms with Crippen molar-refractivity contribution in [3.63, 3.8) is 0 Å². The van der Waals surface area contributed by atoms with Crippen LogP contribution in [0.1, 0.15) is 12.8 Å². The van der Waals surface area contributed by atoms with E-state index in [1.807, 2.05) is 0 Å². The minimum atomic E-state index is 0.779. The lowest BCUT2D eigenvalue weighted by atomic mass is 10.2. The van der Waals surface area contributed by atoms with Crippen LogP contribution in [0.5, 0.6) is 0 Å². The molecule has 0 bridgehead atoms. The van der Waals surface area contributed by atoms with Gasteiger partial charge in [0.05, 0.1) is 0 Å². The van der Waals surface area contributed by atoms with Gasteiger partial charge in [0, 0.05) is 18.8 Å². The van der Waals surface area contributed by atoms with Gasteiger partial charge in [0.15, 0.2) is 0 Å². The lowest BCUT2D eigenvalue weighted by Gasteiger charge is -1.84. The number of allylic oxidation sites excluding steroid dienone is 2. The fourth-order valence-corrected chi connectivity index (χ4v) is 1.03. The van der Waals surface area contributed by atoms with Crippen LogP contribution in [0.25, 0.3) is 0 Å². The van der Waals surface area contributed by atoms with Crippen LogP contribution in [0.3, 0.4) is 0 Å². The zero-order chi connectivity index (χ0) is 5.40. The molecule has 8 heavy (non-hydrogen) atoms. The summed E-state index contributed by atoms with van der Waals surface area (Å²) >= 11 is 0. The molecule has 0 saturated carbocycles. The summed E-state index contributed by atoms with van der Waals surface area (Å²) in [7, 11) is 0. The largest absolute Gasteiger partial charge is 0.102 e. The van der Waals surface area contributed by atoms with E-state index in [0.717, 1.165) is 18.8 Å². The molecule has 2 rings (SSSR count). The highest BCUT2D eigenvalue weighted by Gasteiger charge is 2.23. The van der Waals surface area contributed by atoms with Gasteiger partial charge in [-0.15, -0.1) is 5.92 Å². The fourth-order valence-electron chi connectivity index (χ4n) is 1.03. The molecule has 1 radical (unpaired) electrons. The summed E-state index contributed by atoms with van der Waals surface area (Å²) in [4.78, 5) is 0. The first kappa shape index (κ1) is 4.21. The summed E-state index contributed by atoms with van der Waals surface area (Å²) in [6.45, 7) is 0. The summed E-state index contributed by atoms with van der Waals surface area (Å²) in [6.07, 6.45) is 6.56. The highest BCUT2D eigenvalue weighted by molar-refractivity contribution is 5.37. The smallest absolute Gasteiger partial charge is 0.0380 e. The summed E-state index contributed by atoms with van der Waals surface area (Å²) in [6, 6.07) is 0. The normalized spacial score (nSPS) is 31.0. The van der Waals surface area contributed by atoms with Gasteiger partial charge in [-0.25, -0.2) is 0 Å². The van der Waals surface area contributed by atoms with Crippen LogP contribution in [0, 0.1) is 24.2 Å². The molecule has 0 saturated heterocycles. The van der Waals surface area contributed by atoms with Crippen LogP contribution in [0.2, 0.25) is 0 Å². The molecule has 0 fully saturated rings. The van der Waals surface area contributed by atoms with Crippen molar-refractivity contribution < 1.29 is 0 Å². The van der Waals surface area contributed by atoms with Crippen molar-refractivity contribution in [1.82, 2.24) is 0 Å². The fraction of sp³-hybridized carbons (Fsp3) is 0.375. The van der Waals surface area contributed by atoms with E-state index in [0.29, 0.717) is 0 Å². The molecule has 0 aromatic rings. The Balaban J connectivity index is 2.10. The SMILES string of the molecule is C1#CCC2C=C2C[CH]1. The average molecular weight is 103 g/mol. The predicted octanol–water partition coefficient (Wildman–Crippen LogP) is 1.54. The van der Waals surface area contributed by atoms with Crippen LogP contribution in [-0.4, -0.2) is 0 Å². The molecule has 2 aliphatic carbocycles. The molecule has 1 unspecified atom stereocenters. The number of rotatable bonds is 0. The van der Waals surface area contributed by atoms with Gasteiger partial charge in [-0.3, -0.25) is 0 Å². The first-order valence-corrected chi connectivity index (χ1v) is 2.97. The van der Waals surface area contributed by atoms with E-state index in [4.69, 9.17) is 0 Å². The maximum absolute atomic E-state index is 3.08. The molecule has 0 heterocycles. The Morgan fingerprint density at radius 2 is 2.62 bits per heavy atom. The third-order valence-electron chi connectivity index (χ3n) is 1.65. The second-order valence-corrected chi connectivity index (χ2v) is 2.28. The second kappa shape index (κ2) is 1.39. The van der Waals surface area contributed by atoms with Gasteiger partial charge in [-0.1, -0.05) is 17.6 Å². The first-order valence-electron chi connectivity index (χ1n) is 2.97. The van der Waals surface area contributed by atoms with Crippen LogP contribution >= 0.6 is 0 Å². The standard InChI is InChI=1S/C8H7/c1-2-4-7-6-8(7)5-3-1/h2,6,8H,4-5H2. The van der Waals surface area contributed by atoms with E-state index >= 15 is 0 Å². The van der Waals surface area contributed by atoms with Gasteiger partial charge in [-0.2, -0.15) is 0 Å². The third kappa shape index (κ3) is 0.554. The summed E-state index contributed by atoms with van der Waals surface area (Å²) in [5.74, 6) is 6.85. The third-order valence-corrected chi connectivity index (χ3v) is 1.65. The van der Waals surface area contributed by atoms with Crippen molar-refractivity contribution >= 4 is 0 Å². The topological polar surface area (TPSA) is 0 Å². The molecule has 0 aromatic carbocycles. The molecular formula is C8H7. The van der Waals surface area contributed by atoms with Crippen LogP contribution in [0.4, 0.5) is 0 Å². The number of hydrogen-bond acceptors (Lipinski definition) is 0. The molecule has 0 amide bonds. The molecule has 0 nitrogen and oxygen atoms in total. The van der Waals surface area contributed by atoms with E-state index in [-0.39, 0.29) is 0 Å². The van der Waals surface area contributed by atoms with Gasteiger partial charge in [-0.05, 0) is 6.42 Å². The van der Waals surface area contributed by atoms with E-state index < -0.39 is 0 Å². The van der Waals surface area contributed by atoms with E-state index in [2.05, 4.69) is 24.3 Å². The Kier molecular flexibility index (Phi) is 0.729. The highest BCUT2D eigenvalue weighted by Crippen LogP contribution is 2.35. The van der Waals surface area contributed by atoms with Crippen molar-refractivity contribution in [2.45, 2.75) is 12.8 Å². The Morgan fingerprint density at radius 3 is 3.62 bits per heavy atom. The van der Waals surface area contributed by atoms with Gasteiger partial charge in [0.25, 0.3) is 0 Å². The monoisotopic (exact) mass is 103 g/mol. The molecule has 39 valence electrons. The minimum absolute atomic E-state index is 0.779. The molecule has 0 heteroatoms. The summed E-state index contributed by atoms with van der Waals surface area (Å²) in [5.41, 5.74) is 1.59. The van der Waals surface area contributed by atoms with Gasteiger partial charge < -0.3 is 0 Å². The van der Waals surface area contributed by atoms with E-state index in [9.17, 15) is 0 Å². The van der Waals surface area contributed by atoms with E-state index in [1.54, 1.807) is 5.57 Å². The quantitative estimate of drug-likeness (QED) is 0.322. The molecular weight excluding hydrogens is 96.1 g/mol. The second-order valence-electron chi connectivity index (χ2n) is 2.28. The van der Waals surface area contributed by atoms with Crippen molar-refractivity contribution in [3.05, 3.63) is 18.1 Å². The summed E-state index contributed by atoms with van der Waals surface area (Å²) in [5, 5.41) is 0. The maximum Gasteiger partial charge on any atom is 0.0380 e. The number of fused-ring (bicyclic) bond motifs is 1. The molecule has 0 aromatic heterocycles. The van der Waals surface area contributed by atoms with Crippen LogP contribution in [-0.2, 0) is 0 Å². The van der Waals surface area contributed by atoms with E-state index in [1.165, 1.54) is 0 Å². The predicted molar refractivity (Wildman–Crippen MR) is 32.9 cm³/mol. The molecule has 0 spiro atoms. The average Bonchev–Trinajstić information content (AvgIpc) is 2.36. The van der Waals surface area contributed by atoms with Crippen molar-refractivity contribution in [1.29, 1.82) is 0 Å². The molecule has 0 N–H and O–H groups in total. The zero-order valence-corrected chi connectivity index (χ0v) is 4.65. The maximum atomic E-state index is 3.08. The molecule has 0 aliphatic heterocycles. The van der Waals surface area contributed by atoms with Crippen molar-refractivity contribution in [3.8, 4) is 11.8 Å². The lowest BCUT2D eigenvalue weighted by molar-refractivity contribution is 0.911. The zero-order valence-electron chi connectivity index (χ0n) is 4.65. The van der Waals surface area contributed by atoms with Crippen molar-refractivity contribution in [2.24, 2.45) is 5.92 Å². The van der Waals surface area contributed by atoms with Gasteiger partial charge in [0.1, 0.15) is 0 Å². The van der Waals surface area contributed by atoms with Crippen LogP contribution < -0.4 is 0 Å². The minimum Gasteiger partial charge on any atom is -0.102 e. The number of hydrogen-bond donors (Lipinski definition) is 0. The highest BCUT2D eigenvalue weighted by atomic mass is 14.3. The molecule has 1 atom stereocenters. The van der Waals surface area contributed by atoms with Crippen LogP contribution in [0.15, 0.2) is 11.6 Å². The Morgan fingerprint density at radius 1 is 1.62 bits per heavy atom.